The van der Waals surface area contributed by atoms with Gasteiger partial charge in [0.05, 0.1) is 13.3 Å². The second-order valence-corrected chi connectivity index (χ2v) is 6.49. The summed E-state index contributed by atoms with van der Waals surface area (Å²) in [4.78, 5) is 29.3. The highest BCUT2D eigenvalue weighted by Gasteiger charge is 2.30. The summed E-state index contributed by atoms with van der Waals surface area (Å²) in [7, 11) is -2.98. The molecular formula is C12H16NO7P. The molecule has 8 nitrogen and oxygen atoms in total. The highest BCUT2D eigenvalue weighted by Crippen LogP contribution is 2.45. The van der Waals surface area contributed by atoms with E-state index in [1.807, 2.05) is 0 Å². The molecule has 5 N–H and O–H groups in total. The largest absolute Gasteiger partial charge is 0.504 e. The Kier molecular flexibility index (Phi) is 4.25. The van der Waals surface area contributed by atoms with Crippen LogP contribution in [0.25, 0.3) is 0 Å². The first-order chi connectivity index (χ1) is 9.73. The first-order valence-corrected chi connectivity index (χ1v) is 7.94. The normalized spacial score (nSPS) is 18.1. The Morgan fingerprint density at radius 2 is 2.14 bits per heavy atom. The fraction of sp³-hybridized carbons (Fsp3) is 0.417. The van der Waals surface area contributed by atoms with E-state index in [1.165, 1.54) is 13.2 Å². The molecule has 2 rings (SSSR count). The van der Waals surface area contributed by atoms with Gasteiger partial charge in [-0.25, -0.2) is 0 Å². The summed E-state index contributed by atoms with van der Waals surface area (Å²) in [5, 5.41) is 21.9. The summed E-state index contributed by atoms with van der Waals surface area (Å²) < 4.78 is 16.2. The van der Waals surface area contributed by atoms with Crippen molar-refractivity contribution in [1.82, 2.24) is 5.32 Å². The van der Waals surface area contributed by atoms with E-state index in [4.69, 9.17) is 19.6 Å². The molecule has 0 spiro atoms. The van der Waals surface area contributed by atoms with Crippen molar-refractivity contribution in [1.29, 1.82) is 0 Å². The highest BCUT2D eigenvalue weighted by molar-refractivity contribution is 7.50. The number of aliphatic carboxylic acids is 1. The minimum atomic E-state index is -4.30. The van der Waals surface area contributed by atoms with Crippen LogP contribution in [0.2, 0.25) is 0 Å². The number of benzene rings is 1. The number of methoxy groups -OCH3 is 1. The number of rotatable bonds is 4. The number of phenolic OH excluding ortho intramolecular Hbond substituents is 1. The van der Waals surface area contributed by atoms with Crippen LogP contribution in [0.15, 0.2) is 6.07 Å². The van der Waals surface area contributed by atoms with Crippen LogP contribution in [0.5, 0.6) is 11.5 Å². The number of hydrogen-bond acceptors (Lipinski definition) is 5. The molecule has 1 atom stereocenters. The quantitative estimate of drug-likeness (QED) is 0.496. The zero-order valence-corrected chi connectivity index (χ0v) is 12.1. The SMILES string of the molecule is COc1cc(CP(=O)(O)O)c2c(c1O)CC(C(=O)O)NC2. The van der Waals surface area contributed by atoms with Gasteiger partial charge in [-0.15, -0.1) is 0 Å². The van der Waals surface area contributed by atoms with Gasteiger partial charge in [-0.05, 0) is 17.2 Å². The van der Waals surface area contributed by atoms with Crippen molar-refractivity contribution in [2.75, 3.05) is 7.11 Å². The van der Waals surface area contributed by atoms with E-state index >= 15 is 0 Å². The van der Waals surface area contributed by atoms with Gasteiger partial charge in [0.1, 0.15) is 6.04 Å². The van der Waals surface area contributed by atoms with Crippen molar-refractivity contribution in [3.05, 3.63) is 22.8 Å². The molecule has 1 heterocycles. The summed E-state index contributed by atoms with van der Waals surface area (Å²) in [5.74, 6) is -1.17. The third-order valence-electron chi connectivity index (χ3n) is 3.40. The van der Waals surface area contributed by atoms with Gasteiger partial charge in [0.25, 0.3) is 0 Å². The highest BCUT2D eigenvalue weighted by atomic mass is 31.2. The van der Waals surface area contributed by atoms with Crippen LogP contribution in [0.1, 0.15) is 16.7 Å². The molecule has 1 aliphatic rings. The molecule has 0 aromatic heterocycles. The Morgan fingerprint density at radius 1 is 1.48 bits per heavy atom. The van der Waals surface area contributed by atoms with Gasteiger partial charge in [-0.3, -0.25) is 14.7 Å². The molecule has 1 aromatic carbocycles. The third-order valence-corrected chi connectivity index (χ3v) is 4.16. The third kappa shape index (κ3) is 3.36. The van der Waals surface area contributed by atoms with Crippen molar-refractivity contribution in [2.45, 2.75) is 25.2 Å². The Morgan fingerprint density at radius 3 is 2.67 bits per heavy atom. The minimum Gasteiger partial charge on any atom is -0.504 e. The topological polar surface area (TPSA) is 136 Å². The number of carbonyl (C=O) groups is 1. The number of carboxylic acids is 1. The maximum Gasteiger partial charge on any atom is 0.329 e. The van der Waals surface area contributed by atoms with Crippen LogP contribution in [0.3, 0.4) is 0 Å². The van der Waals surface area contributed by atoms with E-state index in [1.54, 1.807) is 0 Å². The van der Waals surface area contributed by atoms with Gasteiger partial charge in [0, 0.05) is 18.5 Å². The molecule has 1 unspecified atom stereocenters. The van der Waals surface area contributed by atoms with E-state index in [2.05, 4.69) is 5.32 Å². The van der Waals surface area contributed by atoms with Gasteiger partial charge in [-0.1, -0.05) is 0 Å². The summed E-state index contributed by atoms with van der Waals surface area (Å²) in [6.45, 7) is 0.110. The molecule has 0 saturated carbocycles. The number of aromatic hydroxyl groups is 1. The lowest BCUT2D eigenvalue weighted by Gasteiger charge is -2.27. The standard InChI is InChI=1S/C12H16NO7P/c1-20-10-2-6(5-21(17,18)19)8-4-13-9(12(15)16)3-7(8)11(10)14/h2,9,13-14H,3-5H2,1H3,(H,15,16)(H2,17,18,19). The minimum absolute atomic E-state index is 0.0157. The lowest BCUT2D eigenvalue weighted by atomic mass is 9.91. The monoisotopic (exact) mass is 317 g/mol. The van der Waals surface area contributed by atoms with E-state index in [-0.39, 0.29) is 24.5 Å². The predicted molar refractivity (Wildman–Crippen MR) is 72.4 cm³/mol. The number of fused-ring (bicyclic) bond motifs is 1. The van der Waals surface area contributed by atoms with Crippen molar-refractivity contribution < 1.29 is 34.1 Å². The lowest BCUT2D eigenvalue weighted by molar-refractivity contribution is -0.139. The predicted octanol–water partition coefficient (Wildman–Crippen LogP) is 0.177. The first kappa shape index (κ1) is 15.8. The van der Waals surface area contributed by atoms with Gasteiger partial charge >= 0.3 is 13.6 Å². The van der Waals surface area contributed by atoms with Crippen molar-refractivity contribution in [2.24, 2.45) is 0 Å². The summed E-state index contributed by atoms with van der Waals surface area (Å²) in [5.41, 5.74) is 1.20. The molecule has 0 bridgehead atoms. The Bertz CT molecular complexity index is 625. The number of carboxylic acid groups (broad SMARTS) is 1. The van der Waals surface area contributed by atoms with Crippen molar-refractivity contribution in [3.8, 4) is 11.5 Å². The molecule has 116 valence electrons. The lowest BCUT2D eigenvalue weighted by Crippen LogP contribution is -2.42. The molecule has 9 heteroatoms. The second kappa shape index (κ2) is 5.65. The van der Waals surface area contributed by atoms with Crippen LogP contribution in [-0.4, -0.2) is 39.1 Å². The zero-order chi connectivity index (χ0) is 15.8. The second-order valence-electron chi connectivity index (χ2n) is 4.84. The Balaban J connectivity index is 2.52. The van der Waals surface area contributed by atoms with Crippen LogP contribution >= 0.6 is 7.60 Å². The van der Waals surface area contributed by atoms with Crippen LogP contribution < -0.4 is 10.1 Å². The van der Waals surface area contributed by atoms with E-state index in [0.717, 1.165) is 0 Å². The maximum absolute atomic E-state index is 11.2. The average molecular weight is 317 g/mol. The smallest absolute Gasteiger partial charge is 0.329 e. The Labute approximate surface area is 120 Å². The molecule has 0 amide bonds. The summed E-state index contributed by atoms with van der Waals surface area (Å²) in [6, 6.07) is 0.508. The Hall–Kier alpha value is -1.60. The first-order valence-electron chi connectivity index (χ1n) is 6.14. The van der Waals surface area contributed by atoms with Crippen LogP contribution in [0, 0.1) is 0 Å². The van der Waals surface area contributed by atoms with Gasteiger partial charge < -0.3 is 24.7 Å². The molecule has 0 aliphatic carbocycles. The molecule has 0 radical (unpaired) electrons. The van der Waals surface area contributed by atoms with Gasteiger partial charge in [0.15, 0.2) is 11.5 Å². The molecule has 1 aromatic rings. The molecule has 0 fully saturated rings. The molecule has 1 aliphatic heterocycles. The van der Waals surface area contributed by atoms with Crippen LogP contribution in [0.4, 0.5) is 0 Å². The zero-order valence-electron chi connectivity index (χ0n) is 11.2. The number of ether oxygens (including phenoxy) is 1. The molecule has 21 heavy (non-hydrogen) atoms. The van der Waals surface area contributed by atoms with Crippen molar-refractivity contribution >= 4 is 13.6 Å². The van der Waals surface area contributed by atoms with Gasteiger partial charge in [0.2, 0.25) is 0 Å². The van der Waals surface area contributed by atoms with Crippen molar-refractivity contribution in [3.63, 3.8) is 0 Å². The maximum atomic E-state index is 11.2. The summed E-state index contributed by atoms with van der Waals surface area (Å²) in [6.07, 6.45) is -0.479. The number of nitrogens with one attached hydrogen (secondary N) is 1. The summed E-state index contributed by atoms with van der Waals surface area (Å²) >= 11 is 0. The van der Waals surface area contributed by atoms with E-state index < -0.39 is 25.8 Å². The van der Waals surface area contributed by atoms with Crippen LogP contribution in [-0.2, 0) is 28.5 Å². The van der Waals surface area contributed by atoms with Gasteiger partial charge in [-0.2, -0.15) is 0 Å². The number of phenols is 1. The molecule has 0 saturated heterocycles. The fourth-order valence-corrected chi connectivity index (χ4v) is 3.16. The fourth-order valence-electron chi connectivity index (χ4n) is 2.43. The molecular weight excluding hydrogens is 301 g/mol. The number of hydrogen-bond donors (Lipinski definition) is 5. The average Bonchev–Trinajstić information content (AvgIpc) is 2.40. The van der Waals surface area contributed by atoms with E-state index in [0.29, 0.717) is 16.7 Å². The van der Waals surface area contributed by atoms with E-state index in [9.17, 15) is 14.5 Å².